The average Bonchev–Trinajstić information content (AvgIpc) is 2.78. The summed E-state index contributed by atoms with van der Waals surface area (Å²) in [6.07, 6.45) is 9.24. The van der Waals surface area contributed by atoms with Crippen LogP contribution in [-0.4, -0.2) is 23.5 Å². The highest BCUT2D eigenvalue weighted by Crippen LogP contribution is 2.44. The molecule has 0 radical (unpaired) electrons. The van der Waals surface area contributed by atoms with Gasteiger partial charge < -0.3 is 0 Å². The SMILES string of the molecule is CC/C=C1/C2CCC1N(C(CC)CC)C2. The van der Waals surface area contributed by atoms with E-state index in [1.165, 1.54) is 38.6 Å². The Morgan fingerprint density at radius 3 is 2.60 bits per heavy atom. The average molecular weight is 207 g/mol. The molecule has 86 valence electrons. The normalized spacial score (nSPS) is 33.5. The van der Waals surface area contributed by atoms with E-state index >= 15 is 0 Å². The fraction of sp³-hybridized carbons (Fsp3) is 0.857. The van der Waals surface area contributed by atoms with Gasteiger partial charge in [0.05, 0.1) is 0 Å². The van der Waals surface area contributed by atoms with Crippen LogP contribution in [0.1, 0.15) is 52.9 Å². The van der Waals surface area contributed by atoms with Crippen LogP contribution in [0.4, 0.5) is 0 Å². The van der Waals surface area contributed by atoms with Gasteiger partial charge in [0.25, 0.3) is 0 Å². The molecule has 0 spiro atoms. The Kier molecular flexibility index (Phi) is 3.50. The van der Waals surface area contributed by atoms with Crippen LogP contribution in [0.15, 0.2) is 11.6 Å². The number of likely N-dealkylation sites (tertiary alicyclic amines) is 1. The molecular weight excluding hydrogens is 182 g/mol. The Hall–Kier alpha value is -0.300. The summed E-state index contributed by atoms with van der Waals surface area (Å²) in [5, 5.41) is 0. The van der Waals surface area contributed by atoms with Crippen LogP contribution >= 0.6 is 0 Å². The van der Waals surface area contributed by atoms with Crippen LogP contribution in [0.25, 0.3) is 0 Å². The fourth-order valence-corrected chi connectivity index (χ4v) is 3.60. The van der Waals surface area contributed by atoms with Gasteiger partial charge in [0, 0.05) is 18.6 Å². The first-order valence-electron chi connectivity index (χ1n) is 6.77. The number of rotatable bonds is 4. The second-order valence-corrected chi connectivity index (χ2v) is 5.07. The lowest BCUT2D eigenvalue weighted by Gasteiger charge is -2.33. The Labute approximate surface area is 94.5 Å². The van der Waals surface area contributed by atoms with Crippen LogP contribution in [0.5, 0.6) is 0 Å². The maximum atomic E-state index is 2.79. The van der Waals surface area contributed by atoms with E-state index in [-0.39, 0.29) is 0 Å². The maximum absolute atomic E-state index is 2.79. The largest absolute Gasteiger partial charge is 0.293 e. The van der Waals surface area contributed by atoms with Crippen molar-refractivity contribution in [2.45, 2.75) is 65.0 Å². The zero-order valence-corrected chi connectivity index (χ0v) is 10.5. The zero-order valence-electron chi connectivity index (χ0n) is 10.5. The first-order chi connectivity index (χ1) is 7.31. The molecule has 0 amide bonds. The summed E-state index contributed by atoms with van der Waals surface area (Å²) in [4.78, 5) is 2.79. The van der Waals surface area contributed by atoms with E-state index in [1.807, 2.05) is 0 Å². The minimum Gasteiger partial charge on any atom is -0.293 e. The van der Waals surface area contributed by atoms with Gasteiger partial charge in [-0.3, -0.25) is 4.90 Å². The molecular formula is C14H25N. The van der Waals surface area contributed by atoms with Crippen LogP contribution in [0, 0.1) is 5.92 Å². The minimum atomic E-state index is 0.819. The molecule has 1 saturated carbocycles. The van der Waals surface area contributed by atoms with E-state index in [9.17, 15) is 0 Å². The van der Waals surface area contributed by atoms with Gasteiger partial charge >= 0.3 is 0 Å². The van der Waals surface area contributed by atoms with E-state index in [1.54, 1.807) is 5.57 Å². The van der Waals surface area contributed by atoms with Crippen LogP contribution in [0.3, 0.4) is 0 Å². The summed E-state index contributed by atoms with van der Waals surface area (Å²) in [6, 6.07) is 1.65. The molecule has 0 N–H and O–H groups in total. The van der Waals surface area contributed by atoms with Gasteiger partial charge in [0.15, 0.2) is 0 Å². The van der Waals surface area contributed by atoms with Gasteiger partial charge in [0.2, 0.25) is 0 Å². The van der Waals surface area contributed by atoms with Gasteiger partial charge in [-0.1, -0.05) is 32.4 Å². The second kappa shape index (κ2) is 4.69. The first kappa shape index (κ1) is 11.2. The number of nitrogens with zero attached hydrogens (tertiary/aromatic N) is 1. The Balaban J connectivity index is 2.10. The van der Waals surface area contributed by atoms with Gasteiger partial charge in [-0.2, -0.15) is 0 Å². The molecule has 0 aromatic heterocycles. The number of hydrogen-bond donors (Lipinski definition) is 0. The molecule has 1 nitrogen and oxygen atoms in total. The molecule has 2 rings (SSSR count). The number of piperidine rings is 1. The van der Waals surface area contributed by atoms with Crippen molar-refractivity contribution < 1.29 is 0 Å². The molecule has 1 saturated heterocycles. The lowest BCUT2D eigenvalue weighted by Crippen LogP contribution is -2.40. The highest BCUT2D eigenvalue weighted by atomic mass is 15.2. The Morgan fingerprint density at radius 1 is 1.27 bits per heavy atom. The molecule has 1 heteroatoms. The molecule has 2 aliphatic rings. The molecule has 2 fully saturated rings. The smallest absolute Gasteiger partial charge is 0.0314 e. The first-order valence-corrected chi connectivity index (χ1v) is 6.77. The van der Waals surface area contributed by atoms with Crippen molar-refractivity contribution in [1.82, 2.24) is 4.90 Å². The summed E-state index contributed by atoms with van der Waals surface area (Å²) >= 11 is 0. The summed E-state index contributed by atoms with van der Waals surface area (Å²) in [5.74, 6) is 0.913. The monoisotopic (exact) mass is 207 g/mol. The standard InChI is InChI=1S/C14H25N/c1-4-7-13-11-8-9-14(13)15(10-11)12(5-2)6-3/h7,11-12,14H,4-6,8-10H2,1-3H3/b13-7-. The highest BCUT2D eigenvalue weighted by Gasteiger charge is 2.43. The number of allylic oxidation sites excluding steroid dienone is 1. The van der Waals surface area contributed by atoms with Crippen molar-refractivity contribution in [3.63, 3.8) is 0 Å². The molecule has 2 unspecified atom stereocenters. The van der Waals surface area contributed by atoms with Crippen LogP contribution in [0.2, 0.25) is 0 Å². The summed E-state index contributed by atoms with van der Waals surface area (Å²) < 4.78 is 0. The lowest BCUT2D eigenvalue weighted by molar-refractivity contribution is 0.144. The molecule has 1 heterocycles. The molecule has 0 aromatic rings. The quantitative estimate of drug-likeness (QED) is 0.637. The second-order valence-electron chi connectivity index (χ2n) is 5.07. The third-order valence-corrected chi connectivity index (χ3v) is 4.33. The van der Waals surface area contributed by atoms with E-state index in [4.69, 9.17) is 0 Å². The van der Waals surface area contributed by atoms with Crippen molar-refractivity contribution in [2.75, 3.05) is 6.54 Å². The summed E-state index contributed by atoms with van der Waals surface area (Å²) in [7, 11) is 0. The van der Waals surface area contributed by atoms with Crippen molar-refractivity contribution in [3.8, 4) is 0 Å². The Bertz CT molecular complexity index is 240. The fourth-order valence-electron chi connectivity index (χ4n) is 3.60. The molecule has 1 aliphatic carbocycles. The van der Waals surface area contributed by atoms with E-state index in [0.717, 1.165) is 18.0 Å². The van der Waals surface area contributed by atoms with E-state index in [0.29, 0.717) is 0 Å². The van der Waals surface area contributed by atoms with Gasteiger partial charge in [-0.05, 0) is 38.0 Å². The van der Waals surface area contributed by atoms with Crippen molar-refractivity contribution in [3.05, 3.63) is 11.6 Å². The van der Waals surface area contributed by atoms with Crippen molar-refractivity contribution >= 4 is 0 Å². The van der Waals surface area contributed by atoms with Gasteiger partial charge in [0.1, 0.15) is 0 Å². The van der Waals surface area contributed by atoms with Gasteiger partial charge in [-0.15, -0.1) is 0 Å². The van der Waals surface area contributed by atoms with Crippen LogP contribution < -0.4 is 0 Å². The van der Waals surface area contributed by atoms with Crippen LogP contribution in [-0.2, 0) is 0 Å². The van der Waals surface area contributed by atoms with Gasteiger partial charge in [-0.25, -0.2) is 0 Å². The summed E-state index contributed by atoms with van der Waals surface area (Å²) in [6.45, 7) is 8.29. The van der Waals surface area contributed by atoms with Crippen molar-refractivity contribution in [2.24, 2.45) is 5.92 Å². The molecule has 2 bridgehead atoms. The minimum absolute atomic E-state index is 0.819. The summed E-state index contributed by atoms with van der Waals surface area (Å²) in [5.41, 5.74) is 1.78. The maximum Gasteiger partial charge on any atom is 0.0314 e. The van der Waals surface area contributed by atoms with Crippen molar-refractivity contribution in [1.29, 1.82) is 0 Å². The topological polar surface area (TPSA) is 3.24 Å². The third kappa shape index (κ3) is 1.87. The zero-order chi connectivity index (χ0) is 10.8. The predicted molar refractivity (Wildman–Crippen MR) is 66.0 cm³/mol. The molecule has 1 aliphatic heterocycles. The number of fused-ring (bicyclic) bond motifs is 2. The lowest BCUT2D eigenvalue weighted by atomic mass is 10.0. The third-order valence-electron chi connectivity index (χ3n) is 4.33. The Morgan fingerprint density at radius 2 is 2.00 bits per heavy atom. The predicted octanol–water partition coefficient (Wildman–Crippen LogP) is 3.61. The van der Waals surface area contributed by atoms with E-state index in [2.05, 4.69) is 31.7 Å². The highest BCUT2D eigenvalue weighted by molar-refractivity contribution is 5.25. The molecule has 0 aromatic carbocycles. The molecule has 15 heavy (non-hydrogen) atoms. The van der Waals surface area contributed by atoms with E-state index < -0.39 is 0 Å². The number of hydrogen-bond acceptors (Lipinski definition) is 1. The molecule has 2 atom stereocenters.